The number of carbonyl (C=O) groups excluding carboxylic acids is 2. The number of hydrogen-bond acceptors (Lipinski definition) is 5. The fraction of sp³-hybridized carbons (Fsp3) is 0.120. The molecular weight excluding hydrogens is 475 g/mol. The highest BCUT2D eigenvalue weighted by molar-refractivity contribution is 7.90. The van der Waals surface area contributed by atoms with Crippen molar-refractivity contribution in [2.24, 2.45) is 5.73 Å². The van der Waals surface area contributed by atoms with Crippen LogP contribution in [0.25, 0.3) is 21.2 Å². The molecule has 0 aliphatic heterocycles. The Hall–Kier alpha value is -3.56. The number of primary amides is 1. The lowest BCUT2D eigenvalue weighted by Gasteiger charge is -2.07. The van der Waals surface area contributed by atoms with Crippen LogP contribution >= 0.6 is 11.3 Å². The zero-order valence-electron chi connectivity index (χ0n) is 18.2. The first kappa shape index (κ1) is 23.6. The van der Waals surface area contributed by atoms with E-state index in [2.05, 4.69) is 5.32 Å². The minimum Gasteiger partial charge on any atom is -0.368 e. The van der Waals surface area contributed by atoms with Gasteiger partial charge in [0.25, 0.3) is 5.91 Å². The first-order valence-corrected chi connectivity index (χ1v) is 13.0. The molecule has 3 N–H and O–H groups in total. The van der Waals surface area contributed by atoms with Crippen LogP contribution in [0.1, 0.15) is 20.8 Å². The molecule has 34 heavy (non-hydrogen) atoms. The van der Waals surface area contributed by atoms with Crippen molar-refractivity contribution in [2.45, 2.75) is 11.3 Å². The highest BCUT2D eigenvalue weighted by atomic mass is 32.2. The molecule has 174 valence electrons. The number of nitrogens with one attached hydrogen (secondary N) is 1. The molecule has 0 spiro atoms. The summed E-state index contributed by atoms with van der Waals surface area (Å²) in [6.45, 7) is -0.242. The van der Waals surface area contributed by atoms with Gasteiger partial charge in [0, 0.05) is 27.8 Å². The van der Waals surface area contributed by atoms with Gasteiger partial charge in [0.1, 0.15) is 5.82 Å². The summed E-state index contributed by atoms with van der Waals surface area (Å²) in [5.74, 6) is -1.61. The van der Waals surface area contributed by atoms with Crippen LogP contribution in [0.2, 0.25) is 0 Å². The number of carbonyl (C=O) groups is 2. The Morgan fingerprint density at radius 2 is 1.79 bits per heavy atom. The Balaban J connectivity index is 1.68. The number of benzene rings is 3. The Labute approximate surface area is 200 Å². The van der Waals surface area contributed by atoms with Gasteiger partial charge in [-0.05, 0) is 58.5 Å². The van der Waals surface area contributed by atoms with E-state index in [1.807, 2.05) is 30.3 Å². The summed E-state index contributed by atoms with van der Waals surface area (Å²) in [6, 6.07) is 18.8. The lowest BCUT2D eigenvalue weighted by atomic mass is 10.0. The zero-order valence-corrected chi connectivity index (χ0v) is 19.8. The first-order chi connectivity index (χ1) is 16.1. The van der Waals surface area contributed by atoms with Crippen LogP contribution in [0.5, 0.6) is 0 Å². The third kappa shape index (κ3) is 5.32. The lowest BCUT2D eigenvalue weighted by Crippen LogP contribution is -2.33. The fourth-order valence-corrected chi connectivity index (χ4v) is 5.59. The number of thiophene rings is 1. The second kappa shape index (κ2) is 9.36. The van der Waals surface area contributed by atoms with Crippen LogP contribution in [-0.2, 0) is 21.1 Å². The maximum atomic E-state index is 14.0. The average molecular weight is 497 g/mol. The highest BCUT2D eigenvalue weighted by Gasteiger charge is 2.14. The zero-order chi connectivity index (χ0) is 24.5. The van der Waals surface area contributed by atoms with Crippen molar-refractivity contribution in [1.29, 1.82) is 0 Å². The van der Waals surface area contributed by atoms with Crippen molar-refractivity contribution in [2.75, 3.05) is 12.8 Å². The van der Waals surface area contributed by atoms with Crippen molar-refractivity contribution in [3.8, 4) is 11.1 Å². The van der Waals surface area contributed by atoms with Crippen LogP contribution in [0, 0.1) is 5.82 Å². The lowest BCUT2D eigenvalue weighted by molar-refractivity contribution is -0.117. The molecule has 0 saturated carbocycles. The molecule has 2 amide bonds. The second-order valence-electron chi connectivity index (χ2n) is 7.91. The summed E-state index contributed by atoms with van der Waals surface area (Å²) in [6.07, 6.45) is 1.44. The van der Waals surface area contributed by atoms with E-state index in [9.17, 15) is 22.4 Å². The molecule has 0 unspecified atom stereocenters. The third-order valence-corrected chi connectivity index (χ3v) is 7.47. The summed E-state index contributed by atoms with van der Waals surface area (Å²) in [4.78, 5) is 24.2. The Morgan fingerprint density at radius 3 is 2.53 bits per heavy atom. The van der Waals surface area contributed by atoms with Crippen LogP contribution in [0.15, 0.2) is 71.6 Å². The summed E-state index contributed by atoms with van der Waals surface area (Å²) in [5, 5.41) is 3.47. The molecule has 1 heterocycles. The van der Waals surface area contributed by atoms with Gasteiger partial charge in [0.15, 0.2) is 9.84 Å². The van der Waals surface area contributed by atoms with Crippen molar-refractivity contribution in [3.05, 3.63) is 88.6 Å². The molecule has 0 aliphatic rings. The molecule has 0 radical (unpaired) electrons. The number of rotatable bonds is 7. The SMILES string of the molecule is CS(=O)(=O)c1cc(F)cc(Cc2cc3cccc(-c4cccc(C(=O)NCC(N)=O)c4)c3s2)c1. The van der Waals surface area contributed by atoms with Gasteiger partial charge in [-0.25, -0.2) is 12.8 Å². The van der Waals surface area contributed by atoms with E-state index >= 15 is 0 Å². The summed E-state index contributed by atoms with van der Waals surface area (Å²) in [7, 11) is -3.52. The maximum Gasteiger partial charge on any atom is 0.251 e. The molecule has 0 aliphatic carbocycles. The van der Waals surface area contributed by atoms with Crippen molar-refractivity contribution in [1.82, 2.24) is 5.32 Å². The molecule has 9 heteroatoms. The maximum absolute atomic E-state index is 14.0. The Morgan fingerprint density at radius 1 is 1.03 bits per heavy atom. The van der Waals surface area contributed by atoms with Crippen LogP contribution in [0.3, 0.4) is 0 Å². The molecule has 3 aromatic carbocycles. The van der Waals surface area contributed by atoms with Crippen LogP contribution in [0.4, 0.5) is 4.39 Å². The molecular formula is C25H21FN2O4S2. The average Bonchev–Trinajstić information content (AvgIpc) is 3.19. The van der Waals surface area contributed by atoms with Crippen molar-refractivity contribution >= 4 is 43.1 Å². The van der Waals surface area contributed by atoms with E-state index in [-0.39, 0.29) is 11.4 Å². The Kier molecular flexibility index (Phi) is 6.49. The number of halogens is 1. The highest BCUT2D eigenvalue weighted by Crippen LogP contribution is 2.36. The molecule has 0 fully saturated rings. The fourth-order valence-electron chi connectivity index (χ4n) is 3.67. The number of fused-ring (bicyclic) bond motifs is 1. The summed E-state index contributed by atoms with van der Waals surface area (Å²) in [5.41, 5.74) is 7.82. The van der Waals surface area contributed by atoms with E-state index in [0.29, 0.717) is 17.5 Å². The van der Waals surface area contributed by atoms with E-state index < -0.39 is 27.5 Å². The summed E-state index contributed by atoms with van der Waals surface area (Å²) < 4.78 is 38.8. The number of hydrogen-bond donors (Lipinski definition) is 2. The molecule has 0 saturated heterocycles. The molecule has 0 bridgehead atoms. The quantitative estimate of drug-likeness (QED) is 0.404. The predicted octanol–water partition coefficient (Wildman–Crippen LogP) is 3.92. The minimum atomic E-state index is -3.52. The Bertz CT molecular complexity index is 1530. The van der Waals surface area contributed by atoms with Gasteiger partial charge in [-0.2, -0.15) is 0 Å². The van der Waals surface area contributed by atoms with Crippen LogP contribution < -0.4 is 11.1 Å². The van der Waals surface area contributed by atoms with Gasteiger partial charge < -0.3 is 11.1 Å². The summed E-state index contributed by atoms with van der Waals surface area (Å²) >= 11 is 1.53. The van der Waals surface area contributed by atoms with Gasteiger partial charge in [0.05, 0.1) is 11.4 Å². The minimum absolute atomic E-state index is 0.0456. The van der Waals surface area contributed by atoms with Crippen LogP contribution in [-0.4, -0.2) is 33.0 Å². The second-order valence-corrected chi connectivity index (χ2v) is 11.1. The molecule has 6 nitrogen and oxygen atoms in total. The van der Waals surface area contributed by atoms with Gasteiger partial charge in [-0.3, -0.25) is 9.59 Å². The number of sulfone groups is 1. The normalized spacial score (nSPS) is 11.5. The largest absolute Gasteiger partial charge is 0.368 e. The van der Waals surface area contributed by atoms with Gasteiger partial charge in [0.2, 0.25) is 5.91 Å². The van der Waals surface area contributed by atoms with Gasteiger partial charge in [-0.15, -0.1) is 11.3 Å². The van der Waals surface area contributed by atoms with E-state index in [0.717, 1.165) is 38.4 Å². The topological polar surface area (TPSA) is 106 Å². The van der Waals surface area contributed by atoms with Crippen molar-refractivity contribution in [3.63, 3.8) is 0 Å². The predicted molar refractivity (Wildman–Crippen MR) is 131 cm³/mol. The molecule has 0 atom stereocenters. The number of nitrogens with two attached hydrogens (primary N) is 1. The smallest absolute Gasteiger partial charge is 0.251 e. The number of amides is 2. The molecule has 4 aromatic rings. The molecule has 4 rings (SSSR count). The van der Waals surface area contributed by atoms with Crippen molar-refractivity contribution < 1.29 is 22.4 Å². The van der Waals surface area contributed by atoms with E-state index in [4.69, 9.17) is 5.73 Å². The molecule has 1 aromatic heterocycles. The van der Waals surface area contributed by atoms with E-state index in [1.54, 1.807) is 18.2 Å². The third-order valence-electron chi connectivity index (χ3n) is 5.19. The monoisotopic (exact) mass is 496 g/mol. The van der Waals surface area contributed by atoms with Gasteiger partial charge >= 0.3 is 0 Å². The van der Waals surface area contributed by atoms with Gasteiger partial charge in [-0.1, -0.05) is 30.3 Å². The van der Waals surface area contributed by atoms with E-state index in [1.165, 1.54) is 23.5 Å². The first-order valence-electron chi connectivity index (χ1n) is 10.3. The standard InChI is InChI=1S/C25H21FN2O4S2/c1-34(31,32)21-10-15(8-19(26)13-21)9-20-12-17-5-3-7-22(24(17)33-20)16-4-2-6-18(11-16)25(30)28-14-23(27)29/h2-8,10-13H,9,14H2,1H3,(H2,27,29)(H,28,30).